The summed E-state index contributed by atoms with van der Waals surface area (Å²) in [5.74, 6) is 1.34. The highest BCUT2D eigenvalue weighted by Crippen LogP contribution is 2.47. The maximum Gasteiger partial charge on any atom is 0.0892 e. The fourth-order valence-electron chi connectivity index (χ4n) is 5.04. The molecule has 25 heavy (non-hydrogen) atoms. The molecule has 3 atom stereocenters. The summed E-state index contributed by atoms with van der Waals surface area (Å²) in [7, 11) is 0. The third kappa shape index (κ3) is 3.73. The number of hydrogen-bond acceptors (Lipinski definition) is 3. The van der Waals surface area contributed by atoms with Gasteiger partial charge in [-0.3, -0.25) is 0 Å². The van der Waals surface area contributed by atoms with Gasteiger partial charge in [0.2, 0.25) is 0 Å². The van der Waals surface area contributed by atoms with Crippen molar-refractivity contribution < 1.29 is 9.47 Å². The Bertz CT molecular complexity index is 567. The van der Waals surface area contributed by atoms with Crippen molar-refractivity contribution in [2.24, 2.45) is 11.8 Å². The van der Waals surface area contributed by atoms with Crippen LogP contribution in [0.25, 0.3) is 0 Å². The Balaban J connectivity index is 1.57. The summed E-state index contributed by atoms with van der Waals surface area (Å²) in [6.07, 6.45) is 10.3. The van der Waals surface area contributed by atoms with E-state index >= 15 is 0 Å². The normalized spacial score (nSPS) is 29.6. The number of fused-ring (bicyclic) bond motifs is 3. The molecule has 0 aromatic heterocycles. The maximum atomic E-state index is 6.34. The average molecular weight is 344 g/mol. The van der Waals surface area contributed by atoms with E-state index in [1.165, 1.54) is 68.2 Å². The molecule has 1 aromatic rings. The molecule has 3 aliphatic rings. The lowest BCUT2D eigenvalue weighted by Crippen LogP contribution is -2.47. The molecule has 1 unspecified atom stereocenters. The van der Waals surface area contributed by atoms with Gasteiger partial charge in [-0.15, -0.1) is 0 Å². The standard InChI is InChI=1S/C22H33NO2/c1-2-3-4-6-16-8-9-20-19(15-16)22-18(7-5-12-25-22)21(23-20)17-10-13-24-14-11-17/h8-9,15,17-18,21-23H,2-7,10-14H2,1H3/t18-,21+,22?/m0/s1. The molecule has 138 valence electrons. The Kier molecular flexibility index (Phi) is 5.62. The molecule has 3 nitrogen and oxygen atoms in total. The van der Waals surface area contributed by atoms with Crippen LogP contribution in [0.1, 0.15) is 69.1 Å². The van der Waals surface area contributed by atoms with Gasteiger partial charge in [-0.25, -0.2) is 0 Å². The van der Waals surface area contributed by atoms with Crippen molar-refractivity contribution in [3.63, 3.8) is 0 Å². The minimum absolute atomic E-state index is 0.295. The lowest BCUT2D eigenvalue weighted by molar-refractivity contribution is -0.0517. The fourth-order valence-corrected chi connectivity index (χ4v) is 5.04. The molecule has 1 aromatic carbocycles. The van der Waals surface area contributed by atoms with Crippen LogP contribution in [0.3, 0.4) is 0 Å². The number of benzene rings is 1. The number of hydrogen-bond donors (Lipinski definition) is 1. The summed E-state index contributed by atoms with van der Waals surface area (Å²) in [5, 5.41) is 3.92. The number of unbranched alkanes of at least 4 members (excludes halogenated alkanes) is 2. The van der Waals surface area contributed by atoms with Crippen LogP contribution in [0, 0.1) is 11.8 Å². The molecule has 4 rings (SSSR count). The van der Waals surface area contributed by atoms with E-state index in [1.807, 2.05) is 0 Å². The second-order valence-electron chi connectivity index (χ2n) is 8.10. The summed E-state index contributed by atoms with van der Waals surface area (Å²) in [5.41, 5.74) is 4.22. The molecule has 2 saturated heterocycles. The van der Waals surface area contributed by atoms with Gasteiger partial charge in [0.05, 0.1) is 6.10 Å². The molecule has 3 heteroatoms. The van der Waals surface area contributed by atoms with Crippen LogP contribution >= 0.6 is 0 Å². The fraction of sp³-hybridized carbons (Fsp3) is 0.727. The van der Waals surface area contributed by atoms with Crippen LogP contribution in [0.5, 0.6) is 0 Å². The maximum absolute atomic E-state index is 6.34. The molecule has 3 aliphatic heterocycles. The predicted octanol–water partition coefficient (Wildman–Crippen LogP) is 5.11. The Labute approximate surface area is 152 Å². The van der Waals surface area contributed by atoms with Crippen molar-refractivity contribution in [3.05, 3.63) is 29.3 Å². The van der Waals surface area contributed by atoms with E-state index in [2.05, 4.69) is 30.4 Å². The van der Waals surface area contributed by atoms with Crippen LogP contribution in [0.2, 0.25) is 0 Å². The smallest absolute Gasteiger partial charge is 0.0892 e. The van der Waals surface area contributed by atoms with Gasteiger partial charge in [0, 0.05) is 43.0 Å². The molecular weight excluding hydrogens is 310 g/mol. The summed E-state index contributed by atoms with van der Waals surface area (Å²) < 4.78 is 11.9. The van der Waals surface area contributed by atoms with Crippen molar-refractivity contribution >= 4 is 5.69 Å². The summed E-state index contributed by atoms with van der Waals surface area (Å²) in [4.78, 5) is 0. The van der Waals surface area contributed by atoms with Gasteiger partial charge in [-0.05, 0) is 56.1 Å². The van der Waals surface area contributed by atoms with Crippen molar-refractivity contribution in [1.29, 1.82) is 0 Å². The molecule has 3 heterocycles. The van der Waals surface area contributed by atoms with E-state index in [9.17, 15) is 0 Å². The number of nitrogens with one attached hydrogen (secondary N) is 1. The first-order valence-corrected chi connectivity index (χ1v) is 10.5. The first-order chi connectivity index (χ1) is 12.4. The molecule has 2 fully saturated rings. The largest absolute Gasteiger partial charge is 0.381 e. The molecule has 0 aliphatic carbocycles. The second-order valence-corrected chi connectivity index (χ2v) is 8.10. The van der Waals surface area contributed by atoms with E-state index in [0.29, 0.717) is 18.1 Å². The Morgan fingerprint density at radius 2 is 1.96 bits per heavy atom. The SMILES string of the molecule is CCCCCc1ccc2c(c1)C1OCCC[C@H]1[C@@H](C1CCOCC1)N2. The lowest BCUT2D eigenvalue weighted by atomic mass is 9.73. The first-order valence-electron chi connectivity index (χ1n) is 10.5. The second kappa shape index (κ2) is 8.09. The monoisotopic (exact) mass is 343 g/mol. The molecule has 0 radical (unpaired) electrons. The minimum Gasteiger partial charge on any atom is -0.381 e. The number of ether oxygens (including phenoxy) is 2. The van der Waals surface area contributed by atoms with Crippen molar-refractivity contribution in [2.75, 3.05) is 25.1 Å². The number of anilines is 1. The molecule has 0 spiro atoms. The topological polar surface area (TPSA) is 30.5 Å². The Morgan fingerprint density at radius 3 is 2.80 bits per heavy atom. The van der Waals surface area contributed by atoms with Gasteiger partial charge in [-0.1, -0.05) is 31.9 Å². The molecule has 0 bridgehead atoms. The highest BCUT2D eigenvalue weighted by Gasteiger charge is 2.42. The van der Waals surface area contributed by atoms with Crippen LogP contribution in [0.15, 0.2) is 18.2 Å². The lowest BCUT2D eigenvalue weighted by Gasteiger charge is -2.47. The highest BCUT2D eigenvalue weighted by atomic mass is 16.5. The third-order valence-corrected chi connectivity index (χ3v) is 6.42. The van der Waals surface area contributed by atoms with E-state index < -0.39 is 0 Å². The summed E-state index contributed by atoms with van der Waals surface area (Å²) in [6, 6.07) is 7.62. The van der Waals surface area contributed by atoms with Gasteiger partial charge in [0.25, 0.3) is 0 Å². The Morgan fingerprint density at radius 1 is 1.08 bits per heavy atom. The minimum atomic E-state index is 0.295. The van der Waals surface area contributed by atoms with Gasteiger partial charge < -0.3 is 14.8 Å². The van der Waals surface area contributed by atoms with Crippen LogP contribution in [-0.4, -0.2) is 25.9 Å². The van der Waals surface area contributed by atoms with E-state index in [0.717, 1.165) is 25.7 Å². The zero-order valence-corrected chi connectivity index (χ0v) is 15.6. The summed E-state index contributed by atoms with van der Waals surface area (Å²) >= 11 is 0. The van der Waals surface area contributed by atoms with Crippen molar-refractivity contribution in [3.8, 4) is 0 Å². The van der Waals surface area contributed by atoms with Crippen molar-refractivity contribution in [2.45, 2.75) is 70.4 Å². The molecular formula is C22H33NO2. The molecule has 0 saturated carbocycles. The van der Waals surface area contributed by atoms with Crippen LogP contribution < -0.4 is 5.32 Å². The number of aryl methyl sites for hydroxylation is 1. The van der Waals surface area contributed by atoms with Gasteiger partial charge in [0.15, 0.2) is 0 Å². The van der Waals surface area contributed by atoms with E-state index in [1.54, 1.807) is 0 Å². The van der Waals surface area contributed by atoms with E-state index in [-0.39, 0.29) is 0 Å². The molecule has 1 N–H and O–H groups in total. The average Bonchev–Trinajstić information content (AvgIpc) is 2.68. The zero-order valence-electron chi connectivity index (χ0n) is 15.6. The van der Waals surface area contributed by atoms with Crippen LogP contribution in [-0.2, 0) is 15.9 Å². The molecule has 0 amide bonds. The van der Waals surface area contributed by atoms with E-state index in [4.69, 9.17) is 9.47 Å². The van der Waals surface area contributed by atoms with Gasteiger partial charge >= 0.3 is 0 Å². The zero-order chi connectivity index (χ0) is 17.1. The predicted molar refractivity (Wildman–Crippen MR) is 102 cm³/mol. The van der Waals surface area contributed by atoms with Gasteiger partial charge in [0.1, 0.15) is 0 Å². The Hall–Kier alpha value is -1.06. The van der Waals surface area contributed by atoms with Gasteiger partial charge in [-0.2, -0.15) is 0 Å². The third-order valence-electron chi connectivity index (χ3n) is 6.42. The van der Waals surface area contributed by atoms with Crippen molar-refractivity contribution in [1.82, 2.24) is 0 Å². The summed E-state index contributed by atoms with van der Waals surface area (Å²) in [6.45, 7) is 5.03. The highest BCUT2D eigenvalue weighted by molar-refractivity contribution is 5.57. The quantitative estimate of drug-likeness (QED) is 0.754. The van der Waals surface area contributed by atoms with Crippen LogP contribution in [0.4, 0.5) is 5.69 Å². The first kappa shape index (κ1) is 17.4. The number of rotatable bonds is 5.